The summed E-state index contributed by atoms with van der Waals surface area (Å²) in [5, 5.41) is 0. The molecule has 5 nitrogen and oxygen atoms in total. The summed E-state index contributed by atoms with van der Waals surface area (Å²) in [6, 6.07) is 15.2. The molecule has 1 aliphatic heterocycles. The first-order valence-electron chi connectivity index (χ1n) is 9.35. The molecule has 2 atom stereocenters. The van der Waals surface area contributed by atoms with Gasteiger partial charge in [0.15, 0.2) is 9.84 Å². The SMILES string of the molecule is CS(=O)(=O)c1ccc(OC2c3ccccc3CC2CN2CCOCC2)cc1. The van der Waals surface area contributed by atoms with Gasteiger partial charge in [0, 0.05) is 31.8 Å². The van der Waals surface area contributed by atoms with Gasteiger partial charge in [-0.1, -0.05) is 24.3 Å². The highest BCUT2D eigenvalue weighted by Gasteiger charge is 2.35. The Morgan fingerprint density at radius 2 is 1.78 bits per heavy atom. The third-order valence-corrected chi connectivity index (χ3v) is 6.51. The second kappa shape index (κ2) is 7.62. The normalized spacial score (nSPS) is 23.1. The van der Waals surface area contributed by atoms with Gasteiger partial charge >= 0.3 is 0 Å². The van der Waals surface area contributed by atoms with Gasteiger partial charge in [-0.05, 0) is 41.8 Å². The Morgan fingerprint density at radius 3 is 2.48 bits per heavy atom. The molecule has 0 bridgehead atoms. The molecule has 6 heteroatoms. The summed E-state index contributed by atoms with van der Waals surface area (Å²) in [5.41, 5.74) is 2.58. The van der Waals surface area contributed by atoms with E-state index in [1.54, 1.807) is 24.3 Å². The smallest absolute Gasteiger partial charge is 0.175 e. The van der Waals surface area contributed by atoms with Gasteiger partial charge in [-0.3, -0.25) is 4.90 Å². The summed E-state index contributed by atoms with van der Waals surface area (Å²) < 4.78 is 35.2. The zero-order valence-electron chi connectivity index (χ0n) is 15.5. The zero-order valence-corrected chi connectivity index (χ0v) is 16.3. The molecule has 144 valence electrons. The maximum Gasteiger partial charge on any atom is 0.175 e. The standard InChI is InChI=1S/C21H25NO4S/c1-27(23,24)19-8-6-18(7-9-19)26-21-17(15-22-10-12-25-13-11-22)14-16-4-2-3-5-20(16)21/h2-9,17,21H,10-15H2,1H3. The molecular weight excluding hydrogens is 362 g/mol. The third-order valence-electron chi connectivity index (χ3n) is 5.38. The molecule has 0 amide bonds. The van der Waals surface area contributed by atoms with Crippen molar-refractivity contribution in [2.75, 3.05) is 39.1 Å². The Bertz CT molecular complexity index is 889. The van der Waals surface area contributed by atoms with Crippen LogP contribution in [0.15, 0.2) is 53.4 Å². The molecule has 0 saturated carbocycles. The van der Waals surface area contributed by atoms with Crippen LogP contribution in [-0.4, -0.2) is 52.4 Å². The van der Waals surface area contributed by atoms with Crippen molar-refractivity contribution in [2.45, 2.75) is 17.4 Å². The lowest BCUT2D eigenvalue weighted by atomic mass is 10.0. The minimum absolute atomic E-state index is 0.0203. The van der Waals surface area contributed by atoms with E-state index in [1.807, 2.05) is 0 Å². The van der Waals surface area contributed by atoms with Crippen LogP contribution in [0, 0.1) is 5.92 Å². The maximum absolute atomic E-state index is 11.7. The molecule has 1 saturated heterocycles. The monoisotopic (exact) mass is 387 g/mol. The number of morpholine rings is 1. The minimum atomic E-state index is -3.20. The fourth-order valence-electron chi connectivity index (χ4n) is 3.99. The average Bonchev–Trinajstić information content (AvgIpc) is 3.00. The summed E-state index contributed by atoms with van der Waals surface area (Å²) in [7, 11) is -3.20. The molecule has 0 spiro atoms. The van der Waals surface area contributed by atoms with Gasteiger partial charge in [-0.15, -0.1) is 0 Å². The summed E-state index contributed by atoms with van der Waals surface area (Å²) >= 11 is 0. The molecule has 0 N–H and O–H groups in total. The highest BCUT2D eigenvalue weighted by molar-refractivity contribution is 7.90. The zero-order chi connectivity index (χ0) is 18.9. The van der Waals surface area contributed by atoms with Crippen molar-refractivity contribution in [3.63, 3.8) is 0 Å². The van der Waals surface area contributed by atoms with E-state index in [1.165, 1.54) is 17.4 Å². The van der Waals surface area contributed by atoms with Crippen LogP contribution in [0.25, 0.3) is 0 Å². The molecular formula is C21H25NO4S. The lowest BCUT2D eigenvalue weighted by molar-refractivity contribution is 0.0192. The van der Waals surface area contributed by atoms with Crippen molar-refractivity contribution in [2.24, 2.45) is 5.92 Å². The second-order valence-corrected chi connectivity index (χ2v) is 9.37. The van der Waals surface area contributed by atoms with E-state index >= 15 is 0 Å². The highest BCUT2D eigenvalue weighted by Crippen LogP contribution is 2.40. The van der Waals surface area contributed by atoms with E-state index < -0.39 is 9.84 Å². The van der Waals surface area contributed by atoms with Crippen LogP contribution < -0.4 is 4.74 Å². The molecule has 1 aliphatic carbocycles. The molecule has 1 fully saturated rings. The Hall–Kier alpha value is -1.89. The summed E-state index contributed by atoms with van der Waals surface area (Å²) in [6.07, 6.45) is 2.20. The summed E-state index contributed by atoms with van der Waals surface area (Å²) in [4.78, 5) is 2.76. The van der Waals surface area contributed by atoms with E-state index in [4.69, 9.17) is 9.47 Å². The quantitative estimate of drug-likeness (QED) is 0.790. The molecule has 0 aromatic heterocycles. The molecule has 4 rings (SSSR count). The molecule has 1 heterocycles. The number of ether oxygens (including phenoxy) is 2. The van der Waals surface area contributed by atoms with Crippen LogP contribution in [0.4, 0.5) is 0 Å². The van der Waals surface area contributed by atoms with Crippen molar-refractivity contribution in [3.8, 4) is 5.75 Å². The van der Waals surface area contributed by atoms with Gasteiger partial charge in [0.05, 0.1) is 18.1 Å². The summed E-state index contributed by atoms with van der Waals surface area (Å²) in [5.74, 6) is 1.08. The lowest BCUT2D eigenvalue weighted by Crippen LogP contribution is -2.40. The van der Waals surface area contributed by atoms with Crippen molar-refractivity contribution < 1.29 is 17.9 Å². The predicted molar refractivity (Wildman–Crippen MR) is 104 cm³/mol. The average molecular weight is 388 g/mol. The van der Waals surface area contributed by atoms with E-state index in [-0.39, 0.29) is 6.10 Å². The molecule has 0 radical (unpaired) electrons. The van der Waals surface area contributed by atoms with Crippen molar-refractivity contribution in [3.05, 3.63) is 59.7 Å². The number of rotatable bonds is 5. The fourth-order valence-corrected chi connectivity index (χ4v) is 4.62. The van der Waals surface area contributed by atoms with Crippen molar-refractivity contribution in [1.29, 1.82) is 0 Å². The van der Waals surface area contributed by atoms with Crippen LogP contribution in [0.1, 0.15) is 17.2 Å². The third kappa shape index (κ3) is 4.18. The number of hydrogen-bond donors (Lipinski definition) is 0. The topological polar surface area (TPSA) is 55.8 Å². The Labute approximate surface area is 160 Å². The highest BCUT2D eigenvalue weighted by atomic mass is 32.2. The van der Waals surface area contributed by atoms with Gasteiger partial charge in [0.25, 0.3) is 0 Å². The van der Waals surface area contributed by atoms with Crippen LogP contribution in [0.2, 0.25) is 0 Å². The first-order valence-corrected chi connectivity index (χ1v) is 11.2. The van der Waals surface area contributed by atoms with Gasteiger partial charge in [0.1, 0.15) is 11.9 Å². The van der Waals surface area contributed by atoms with E-state index in [2.05, 4.69) is 29.2 Å². The second-order valence-electron chi connectivity index (χ2n) is 7.36. The first-order chi connectivity index (χ1) is 13.0. The molecule has 27 heavy (non-hydrogen) atoms. The van der Waals surface area contributed by atoms with Gasteiger partial charge in [-0.25, -0.2) is 8.42 Å². The van der Waals surface area contributed by atoms with Gasteiger partial charge in [0.2, 0.25) is 0 Å². The maximum atomic E-state index is 11.7. The minimum Gasteiger partial charge on any atom is -0.485 e. The molecule has 2 aromatic rings. The van der Waals surface area contributed by atoms with Crippen LogP contribution >= 0.6 is 0 Å². The largest absolute Gasteiger partial charge is 0.485 e. The van der Waals surface area contributed by atoms with E-state index in [9.17, 15) is 8.42 Å². The van der Waals surface area contributed by atoms with E-state index in [0.717, 1.165) is 39.3 Å². The molecule has 2 unspecified atom stereocenters. The van der Waals surface area contributed by atoms with Crippen molar-refractivity contribution in [1.82, 2.24) is 4.90 Å². The van der Waals surface area contributed by atoms with Gasteiger partial charge < -0.3 is 9.47 Å². The lowest BCUT2D eigenvalue weighted by Gasteiger charge is -2.31. The van der Waals surface area contributed by atoms with Crippen LogP contribution in [0.5, 0.6) is 5.75 Å². The van der Waals surface area contributed by atoms with E-state index in [0.29, 0.717) is 16.6 Å². The fraction of sp³-hybridized carbons (Fsp3) is 0.429. The Morgan fingerprint density at radius 1 is 1.07 bits per heavy atom. The Kier molecular flexibility index (Phi) is 5.21. The Balaban J connectivity index is 1.55. The van der Waals surface area contributed by atoms with Gasteiger partial charge in [-0.2, -0.15) is 0 Å². The molecule has 2 aliphatic rings. The number of benzene rings is 2. The number of fused-ring (bicyclic) bond motifs is 1. The van der Waals surface area contributed by atoms with Crippen LogP contribution in [-0.2, 0) is 21.0 Å². The summed E-state index contributed by atoms with van der Waals surface area (Å²) in [6.45, 7) is 4.48. The molecule has 2 aromatic carbocycles. The number of nitrogens with zero attached hydrogens (tertiary/aromatic N) is 1. The number of sulfone groups is 1. The first kappa shape index (κ1) is 18.5. The number of hydrogen-bond acceptors (Lipinski definition) is 5. The van der Waals surface area contributed by atoms with Crippen molar-refractivity contribution >= 4 is 9.84 Å². The van der Waals surface area contributed by atoms with Crippen LogP contribution in [0.3, 0.4) is 0 Å². The predicted octanol–water partition coefficient (Wildman–Crippen LogP) is 2.71.